The average molecular weight is 362 g/mol. The number of pyridine rings is 1. The zero-order chi connectivity index (χ0) is 18.6. The van der Waals surface area contributed by atoms with Gasteiger partial charge in [0, 0.05) is 11.8 Å². The Morgan fingerprint density at radius 3 is 2.96 bits per heavy atom. The Hall–Kier alpha value is -3.05. The molecule has 1 aliphatic rings. The first-order chi connectivity index (χ1) is 13.2. The van der Waals surface area contributed by atoms with Crippen molar-refractivity contribution in [1.82, 2.24) is 4.98 Å². The number of halogens is 1. The van der Waals surface area contributed by atoms with Crippen molar-refractivity contribution in [3.8, 4) is 11.1 Å². The molecule has 27 heavy (non-hydrogen) atoms. The van der Waals surface area contributed by atoms with E-state index in [1.165, 1.54) is 17.7 Å². The van der Waals surface area contributed by atoms with Crippen molar-refractivity contribution in [1.29, 1.82) is 0 Å². The molecule has 0 fully saturated rings. The predicted molar refractivity (Wildman–Crippen MR) is 102 cm³/mol. The molecule has 1 aliphatic heterocycles. The molecule has 2 aromatic carbocycles. The second kappa shape index (κ2) is 7.68. The fourth-order valence-electron chi connectivity index (χ4n) is 3.42. The summed E-state index contributed by atoms with van der Waals surface area (Å²) in [6.45, 7) is 0.608. The summed E-state index contributed by atoms with van der Waals surface area (Å²) in [5, 5.41) is 2.90. The molecule has 0 bridgehead atoms. The Kier molecular flexibility index (Phi) is 4.94. The maximum Gasteiger partial charge on any atom is 0.227 e. The van der Waals surface area contributed by atoms with Gasteiger partial charge in [0.15, 0.2) is 0 Å². The summed E-state index contributed by atoms with van der Waals surface area (Å²) >= 11 is 0. The van der Waals surface area contributed by atoms with Gasteiger partial charge in [0.1, 0.15) is 5.82 Å². The second-order valence-electron chi connectivity index (χ2n) is 6.49. The van der Waals surface area contributed by atoms with Gasteiger partial charge in [-0.25, -0.2) is 4.39 Å². The van der Waals surface area contributed by atoms with Gasteiger partial charge in [0.2, 0.25) is 5.91 Å². The van der Waals surface area contributed by atoms with Crippen molar-refractivity contribution in [3.05, 3.63) is 83.9 Å². The molecular weight excluding hydrogens is 343 g/mol. The number of aromatic nitrogens is 1. The molecule has 0 radical (unpaired) electrons. The third kappa shape index (κ3) is 3.88. The molecule has 0 spiro atoms. The Balaban J connectivity index is 1.53. The monoisotopic (exact) mass is 362 g/mol. The van der Waals surface area contributed by atoms with E-state index >= 15 is 0 Å². The van der Waals surface area contributed by atoms with Gasteiger partial charge in [-0.2, -0.15) is 0 Å². The summed E-state index contributed by atoms with van der Waals surface area (Å²) in [4.78, 5) is 16.7. The number of nitrogens with one attached hydrogen (secondary N) is 1. The minimum atomic E-state index is -0.325. The Morgan fingerprint density at radius 1 is 1.19 bits per heavy atom. The largest absolute Gasteiger partial charge is 0.373 e. The summed E-state index contributed by atoms with van der Waals surface area (Å²) in [6, 6.07) is 16.1. The number of amides is 1. The van der Waals surface area contributed by atoms with Crippen molar-refractivity contribution < 1.29 is 13.9 Å². The molecule has 0 aliphatic carbocycles. The van der Waals surface area contributed by atoms with Crippen molar-refractivity contribution in [2.45, 2.75) is 18.9 Å². The molecule has 3 aromatic rings. The standard InChI is InChI=1S/C22H19FN2O2/c23-17-6-3-5-16(12-17)18-8-10-24-14-20(18)25-22(26)13-21-19-7-2-1-4-15(19)9-11-27-21/h1-8,10,12,14,21H,9,11,13H2,(H,25,26). The summed E-state index contributed by atoms with van der Waals surface area (Å²) < 4.78 is 19.4. The van der Waals surface area contributed by atoms with E-state index in [1.807, 2.05) is 18.2 Å². The third-order valence-corrected chi connectivity index (χ3v) is 4.69. The van der Waals surface area contributed by atoms with E-state index in [4.69, 9.17) is 4.74 Å². The highest BCUT2D eigenvalue weighted by molar-refractivity contribution is 5.95. The van der Waals surface area contributed by atoms with E-state index in [0.717, 1.165) is 17.5 Å². The lowest BCUT2D eigenvalue weighted by atomic mass is 9.95. The highest BCUT2D eigenvalue weighted by Crippen LogP contribution is 2.31. The lowest BCUT2D eigenvalue weighted by Crippen LogP contribution is -2.22. The minimum absolute atomic E-state index is 0.164. The van der Waals surface area contributed by atoms with Gasteiger partial charge in [-0.15, -0.1) is 0 Å². The Morgan fingerprint density at radius 2 is 2.07 bits per heavy atom. The number of rotatable bonds is 4. The van der Waals surface area contributed by atoms with Crippen LogP contribution in [0.1, 0.15) is 23.7 Å². The van der Waals surface area contributed by atoms with Crippen LogP contribution < -0.4 is 5.32 Å². The van der Waals surface area contributed by atoms with Crippen LogP contribution in [0, 0.1) is 5.82 Å². The normalized spacial score (nSPS) is 15.8. The van der Waals surface area contributed by atoms with Gasteiger partial charge >= 0.3 is 0 Å². The van der Waals surface area contributed by atoms with E-state index in [-0.39, 0.29) is 24.2 Å². The van der Waals surface area contributed by atoms with E-state index in [1.54, 1.807) is 30.6 Å². The summed E-state index contributed by atoms with van der Waals surface area (Å²) in [7, 11) is 0. The summed E-state index contributed by atoms with van der Waals surface area (Å²) in [5.41, 5.74) is 4.26. The van der Waals surface area contributed by atoms with Gasteiger partial charge in [0.05, 0.1) is 31.0 Å². The highest BCUT2D eigenvalue weighted by atomic mass is 19.1. The zero-order valence-electron chi connectivity index (χ0n) is 14.7. The maximum atomic E-state index is 13.6. The van der Waals surface area contributed by atoms with Crippen LogP contribution in [0.3, 0.4) is 0 Å². The molecule has 1 aromatic heterocycles. The first-order valence-electron chi connectivity index (χ1n) is 8.90. The van der Waals surface area contributed by atoms with Crippen molar-refractivity contribution in [2.75, 3.05) is 11.9 Å². The van der Waals surface area contributed by atoms with Gasteiger partial charge in [0.25, 0.3) is 0 Å². The van der Waals surface area contributed by atoms with Crippen LogP contribution in [0.15, 0.2) is 67.0 Å². The molecule has 1 amide bonds. The van der Waals surface area contributed by atoms with Crippen LogP contribution in [0.5, 0.6) is 0 Å². The first kappa shape index (κ1) is 17.4. The van der Waals surface area contributed by atoms with Crippen LogP contribution in [0.2, 0.25) is 0 Å². The second-order valence-corrected chi connectivity index (χ2v) is 6.49. The number of carbonyl (C=O) groups excluding carboxylic acids is 1. The fourth-order valence-corrected chi connectivity index (χ4v) is 3.42. The number of benzene rings is 2. The maximum absolute atomic E-state index is 13.6. The van der Waals surface area contributed by atoms with E-state index in [2.05, 4.69) is 16.4 Å². The molecule has 4 rings (SSSR count). The summed E-state index contributed by atoms with van der Waals surface area (Å²) in [6.07, 6.45) is 4.02. The van der Waals surface area contributed by atoms with Crippen LogP contribution in [0.25, 0.3) is 11.1 Å². The van der Waals surface area contributed by atoms with Crippen LogP contribution in [-0.4, -0.2) is 17.5 Å². The minimum Gasteiger partial charge on any atom is -0.373 e. The smallest absolute Gasteiger partial charge is 0.227 e. The molecule has 0 saturated heterocycles. The number of carbonyl (C=O) groups is 1. The first-order valence-corrected chi connectivity index (χ1v) is 8.90. The van der Waals surface area contributed by atoms with Crippen LogP contribution in [0.4, 0.5) is 10.1 Å². The van der Waals surface area contributed by atoms with E-state index in [9.17, 15) is 9.18 Å². The quantitative estimate of drug-likeness (QED) is 0.742. The fraction of sp³-hybridized carbons (Fsp3) is 0.182. The molecule has 1 N–H and O–H groups in total. The van der Waals surface area contributed by atoms with Crippen LogP contribution >= 0.6 is 0 Å². The molecular formula is C22H19FN2O2. The third-order valence-electron chi connectivity index (χ3n) is 4.69. The number of fused-ring (bicyclic) bond motifs is 1. The van der Waals surface area contributed by atoms with Gasteiger partial charge < -0.3 is 10.1 Å². The average Bonchev–Trinajstić information content (AvgIpc) is 2.69. The lowest BCUT2D eigenvalue weighted by molar-refractivity contribution is -0.119. The highest BCUT2D eigenvalue weighted by Gasteiger charge is 2.23. The zero-order valence-corrected chi connectivity index (χ0v) is 14.7. The number of hydrogen-bond acceptors (Lipinski definition) is 3. The molecule has 2 heterocycles. The Bertz CT molecular complexity index is 974. The van der Waals surface area contributed by atoms with Crippen LogP contribution in [-0.2, 0) is 16.0 Å². The van der Waals surface area contributed by atoms with Crippen molar-refractivity contribution in [3.63, 3.8) is 0 Å². The molecule has 1 unspecified atom stereocenters. The Labute approximate surface area is 157 Å². The SMILES string of the molecule is O=C(CC1OCCc2ccccc21)Nc1cnccc1-c1cccc(F)c1. The molecule has 1 atom stereocenters. The van der Waals surface area contributed by atoms with Crippen molar-refractivity contribution in [2.24, 2.45) is 0 Å². The van der Waals surface area contributed by atoms with Gasteiger partial charge in [-0.3, -0.25) is 9.78 Å². The lowest BCUT2D eigenvalue weighted by Gasteiger charge is -2.25. The molecule has 4 nitrogen and oxygen atoms in total. The van der Waals surface area contributed by atoms with Crippen molar-refractivity contribution >= 4 is 11.6 Å². The molecule has 5 heteroatoms. The van der Waals surface area contributed by atoms with Gasteiger partial charge in [-0.05, 0) is 41.3 Å². The topological polar surface area (TPSA) is 51.2 Å². The van der Waals surface area contributed by atoms with E-state index < -0.39 is 0 Å². The molecule has 136 valence electrons. The van der Waals surface area contributed by atoms with E-state index in [0.29, 0.717) is 17.9 Å². The predicted octanol–water partition coefficient (Wildman–Crippen LogP) is 4.53. The van der Waals surface area contributed by atoms with Gasteiger partial charge in [-0.1, -0.05) is 36.4 Å². The number of nitrogens with zero attached hydrogens (tertiary/aromatic N) is 1. The number of hydrogen-bond donors (Lipinski definition) is 1. The number of anilines is 1. The number of ether oxygens (including phenoxy) is 1. The molecule has 0 saturated carbocycles. The summed E-state index contributed by atoms with van der Waals surface area (Å²) in [5.74, 6) is -0.490.